The lowest BCUT2D eigenvalue weighted by Gasteiger charge is -2.08. The second kappa shape index (κ2) is 7.40. The van der Waals surface area contributed by atoms with Crippen LogP contribution in [0.1, 0.15) is 18.9 Å². The first-order valence-corrected chi connectivity index (χ1v) is 6.71. The summed E-state index contributed by atoms with van der Waals surface area (Å²) in [5.41, 5.74) is 1.98. The highest BCUT2D eigenvalue weighted by molar-refractivity contribution is 5.90. The second-order valence-electron chi connectivity index (χ2n) is 4.45. The number of anilines is 1. The van der Waals surface area contributed by atoms with Gasteiger partial charge >= 0.3 is 0 Å². The van der Waals surface area contributed by atoms with Gasteiger partial charge in [0.1, 0.15) is 0 Å². The predicted molar refractivity (Wildman–Crippen MR) is 77.1 cm³/mol. The monoisotopic (exact) mass is 273 g/mol. The maximum Gasteiger partial charge on any atom is 0.226 e. The molecular weight excluding hydrogens is 254 g/mol. The summed E-state index contributed by atoms with van der Waals surface area (Å²) in [4.78, 5) is 11.8. The lowest BCUT2D eigenvalue weighted by molar-refractivity contribution is -0.116. The summed E-state index contributed by atoms with van der Waals surface area (Å²) in [7, 11) is 0. The van der Waals surface area contributed by atoms with Crippen molar-refractivity contribution in [1.82, 2.24) is 20.3 Å². The molecule has 1 amide bonds. The van der Waals surface area contributed by atoms with Crippen molar-refractivity contribution in [1.29, 1.82) is 0 Å². The van der Waals surface area contributed by atoms with E-state index in [1.54, 1.807) is 17.1 Å². The van der Waals surface area contributed by atoms with Crippen LogP contribution in [-0.2, 0) is 17.9 Å². The summed E-state index contributed by atoms with van der Waals surface area (Å²) in [6.45, 7) is 4.33. The number of hydrogen-bond donors (Lipinski definition) is 2. The van der Waals surface area contributed by atoms with E-state index in [-0.39, 0.29) is 5.91 Å². The van der Waals surface area contributed by atoms with E-state index in [9.17, 15) is 4.79 Å². The van der Waals surface area contributed by atoms with Gasteiger partial charge in [-0.25, -0.2) is 0 Å². The zero-order valence-corrected chi connectivity index (χ0v) is 11.5. The zero-order valence-electron chi connectivity index (χ0n) is 11.5. The van der Waals surface area contributed by atoms with Gasteiger partial charge in [0.2, 0.25) is 5.91 Å². The normalized spacial score (nSPS) is 10.4. The van der Waals surface area contributed by atoms with E-state index in [1.807, 2.05) is 24.3 Å². The van der Waals surface area contributed by atoms with Crippen LogP contribution in [0.2, 0.25) is 0 Å². The summed E-state index contributed by atoms with van der Waals surface area (Å²) in [5, 5.41) is 13.7. The molecule has 0 unspecified atom stereocenters. The van der Waals surface area contributed by atoms with Crippen LogP contribution in [0.25, 0.3) is 0 Å². The molecule has 6 nitrogen and oxygen atoms in total. The average Bonchev–Trinajstić information content (AvgIpc) is 2.97. The highest BCUT2D eigenvalue weighted by atomic mass is 16.1. The Bertz CT molecular complexity index is 538. The Morgan fingerprint density at radius 1 is 1.40 bits per heavy atom. The standard InChI is InChI=1S/C14H19N5O/c1-2-15-11-12-4-3-5-13(10-12)17-14(20)6-8-19-9-7-16-18-19/h3-5,7,9-10,15H,2,6,8,11H2,1H3,(H,17,20). The van der Waals surface area contributed by atoms with E-state index in [4.69, 9.17) is 0 Å². The first kappa shape index (κ1) is 14.2. The van der Waals surface area contributed by atoms with Crippen molar-refractivity contribution in [2.75, 3.05) is 11.9 Å². The maximum absolute atomic E-state index is 11.8. The van der Waals surface area contributed by atoms with Crippen molar-refractivity contribution in [3.05, 3.63) is 42.2 Å². The molecule has 1 heterocycles. The number of nitrogens with zero attached hydrogens (tertiary/aromatic N) is 3. The van der Waals surface area contributed by atoms with Crippen molar-refractivity contribution >= 4 is 11.6 Å². The average molecular weight is 273 g/mol. The molecule has 2 rings (SSSR count). The summed E-state index contributed by atoms with van der Waals surface area (Å²) in [5.74, 6) is -0.0268. The van der Waals surface area contributed by atoms with Crippen LogP contribution in [0.3, 0.4) is 0 Å². The van der Waals surface area contributed by atoms with Gasteiger partial charge in [-0.3, -0.25) is 9.48 Å². The van der Waals surface area contributed by atoms with Crippen LogP contribution < -0.4 is 10.6 Å². The SMILES string of the molecule is CCNCc1cccc(NC(=O)CCn2ccnn2)c1. The van der Waals surface area contributed by atoms with Gasteiger partial charge in [-0.2, -0.15) is 0 Å². The summed E-state index contributed by atoms with van der Waals surface area (Å²) in [6, 6.07) is 7.85. The van der Waals surface area contributed by atoms with Gasteiger partial charge < -0.3 is 10.6 Å². The molecule has 0 fully saturated rings. The minimum atomic E-state index is -0.0268. The van der Waals surface area contributed by atoms with Gasteiger partial charge in [0.25, 0.3) is 0 Å². The topological polar surface area (TPSA) is 71.8 Å². The molecule has 0 saturated carbocycles. The predicted octanol–water partition coefficient (Wildman–Crippen LogP) is 1.42. The highest BCUT2D eigenvalue weighted by Crippen LogP contribution is 2.11. The fourth-order valence-electron chi connectivity index (χ4n) is 1.82. The molecular formula is C14H19N5O. The maximum atomic E-state index is 11.8. The fraction of sp³-hybridized carbons (Fsp3) is 0.357. The van der Waals surface area contributed by atoms with Gasteiger partial charge in [0.15, 0.2) is 0 Å². The third-order valence-electron chi connectivity index (χ3n) is 2.83. The van der Waals surface area contributed by atoms with E-state index >= 15 is 0 Å². The third kappa shape index (κ3) is 4.47. The fourth-order valence-corrected chi connectivity index (χ4v) is 1.82. The molecule has 0 bridgehead atoms. The summed E-state index contributed by atoms with van der Waals surface area (Å²) >= 11 is 0. The van der Waals surface area contributed by atoms with Gasteiger partial charge in [0, 0.05) is 24.8 Å². The number of rotatable bonds is 7. The van der Waals surface area contributed by atoms with Crippen LogP contribution in [-0.4, -0.2) is 27.4 Å². The van der Waals surface area contributed by atoms with Crippen LogP contribution in [0.5, 0.6) is 0 Å². The van der Waals surface area contributed by atoms with Crippen molar-refractivity contribution in [3.63, 3.8) is 0 Å². The van der Waals surface area contributed by atoms with E-state index in [0.717, 1.165) is 24.3 Å². The molecule has 0 aliphatic heterocycles. The minimum absolute atomic E-state index is 0.0268. The first-order valence-electron chi connectivity index (χ1n) is 6.71. The van der Waals surface area contributed by atoms with Crippen LogP contribution in [0.4, 0.5) is 5.69 Å². The molecule has 1 aromatic carbocycles. The number of benzene rings is 1. The smallest absolute Gasteiger partial charge is 0.226 e. The van der Waals surface area contributed by atoms with Gasteiger partial charge in [-0.05, 0) is 24.2 Å². The summed E-state index contributed by atoms with van der Waals surface area (Å²) in [6.07, 6.45) is 3.72. The Morgan fingerprint density at radius 2 is 2.30 bits per heavy atom. The number of aryl methyl sites for hydroxylation is 1. The molecule has 2 aromatic rings. The highest BCUT2D eigenvalue weighted by Gasteiger charge is 2.04. The second-order valence-corrected chi connectivity index (χ2v) is 4.45. The van der Waals surface area contributed by atoms with Crippen molar-refractivity contribution in [2.45, 2.75) is 26.4 Å². The zero-order chi connectivity index (χ0) is 14.2. The first-order chi connectivity index (χ1) is 9.78. The van der Waals surface area contributed by atoms with E-state index in [1.165, 1.54) is 0 Å². The van der Waals surface area contributed by atoms with Crippen molar-refractivity contribution < 1.29 is 4.79 Å². The molecule has 6 heteroatoms. The van der Waals surface area contributed by atoms with E-state index < -0.39 is 0 Å². The van der Waals surface area contributed by atoms with Crippen molar-refractivity contribution in [2.24, 2.45) is 0 Å². The molecule has 2 N–H and O–H groups in total. The number of carbonyl (C=O) groups is 1. The summed E-state index contributed by atoms with van der Waals surface area (Å²) < 4.78 is 1.64. The Hall–Kier alpha value is -2.21. The Balaban J connectivity index is 1.84. The van der Waals surface area contributed by atoms with E-state index in [2.05, 4.69) is 27.9 Å². The molecule has 0 spiro atoms. The molecule has 106 valence electrons. The molecule has 20 heavy (non-hydrogen) atoms. The number of hydrogen-bond acceptors (Lipinski definition) is 4. The Morgan fingerprint density at radius 3 is 3.05 bits per heavy atom. The van der Waals surface area contributed by atoms with Crippen molar-refractivity contribution in [3.8, 4) is 0 Å². The minimum Gasteiger partial charge on any atom is -0.326 e. The molecule has 0 aliphatic rings. The van der Waals surface area contributed by atoms with Crippen LogP contribution >= 0.6 is 0 Å². The Kier molecular flexibility index (Phi) is 5.25. The van der Waals surface area contributed by atoms with Crippen LogP contribution in [0.15, 0.2) is 36.7 Å². The lowest BCUT2D eigenvalue weighted by atomic mass is 10.2. The molecule has 0 radical (unpaired) electrons. The van der Waals surface area contributed by atoms with Crippen LogP contribution in [0, 0.1) is 0 Å². The number of nitrogens with one attached hydrogen (secondary N) is 2. The molecule has 0 aliphatic carbocycles. The molecule has 0 saturated heterocycles. The Labute approximate surface area is 118 Å². The number of aromatic nitrogens is 3. The largest absolute Gasteiger partial charge is 0.326 e. The van der Waals surface area contributed by atoms with Gasteiger partial charge in [0.05, 0.1) is 12.7 Å². The number of carbonyl (C=O) groups excluding carboxylic acids is 1. The third-order valence-corrected chi connectivity index (χ3v) is 2.83. The quantitative estimate of drug-likeness (QED) is 0.800. The van der Waals surface area contributed by atoms with Gasteiger partial charge in [-0.15, -0.1) is 5.10 Å². The van der Waals surface area contributed by atoms with E-state index in [0.29, 0.717) is 13.0 Å². The molecule has 0 atom stereocenters. The lowest BCUT2D eigenvalue weighted by Crippen LogP contribution is -2.15. The van der Waals surface area contributed by atoms with Gasteiger partial charge in [-0.1, -0.05) is 24.3 Å². The number of amides is 1. The molecule has 1 aromatic heterocycles.